The minimum Gasteiger partial charge on any atom is -0.495 e. The number of carbonyl (C=O) groups excluding carboxylic acids is 1. The van der Waals surface area contributed by atoms with Gasteiger partial charge in [0, 0.05) is 4.47 Å². The lowest BCUT2D eigenvalue weighted by Gasteiger charge is -2.14. The van der Waals surface area contributed by atoms with Crippen LogP contribution in [0.5, 0.6) is 11.5 Å². The standard InChI is InChI=1S/C18H21BrN2O3/c1-12-4-6-15(7-5-12)24-9-8-20-18(22)21-17-13(2)10-14(19)11-16(17)23-3/h4-7,10-11H,8-9H2,1-3H3,(H2,20,21,22). The van der Waals surface area contributed by atoms with Gasteiger partial charge in [-0.25, -0.2) is 4.79 Å². The molecule has 2 amide bonds. The first kappa shape index (κ1) is 18.1. The van der Waals surface area contributed by atoms with Crippen LogP contribution < -0.4 is 20.1 Å². The lowest BCUT2D eigenvalue weighted by atomic mass is 10.2. The van der Waals surface area contributed by atoms with Gasteiger partial charge >= 0.3 is 6.03 Å². The van der Waals surface area contributed by atoms with Crippen molar-refractivity contribution < 1.29 is 14.3 Å². The van der Waals surface area contributed by atoms with Crippen LogP contribution in [0.25, 0.3) is 0 Å². The fourth-order valence-electron chi connectivity index (χ4n) is 2.16. The van der Waals surface area contributed by atoms with E-state index in [-0.39, 0.29) is 6.03 Å². The molecule has 0 atom stereocenters. The van der Waals surface area contributed by atoms with E-state index in [4.69, 9.17) is 9.47 Å². The summed E-state index contributed by atoms with van der Waals surface area (Å²) in [5.74, 6) is 1.39. The molecule has 6 heteroatoms. The Morgan fingerprint density at radius 3 is 2.54 bits per heavy atom. The zero-order valence-corrected chi connectivity index (χ0v) is 15.6. The van der Waals surface area contributed by atoms with Crippen LogP contribution in [-0.2, 0) is 0 Å². The molecule has 0 saturated carbocycles. The van der Waals surface area contributed by atoms with Crippen LogP contribution in [0.3, 0.4) is 0 Å². The van der Waals surface area contributed by atoms with Gasteiger partial charge in [0.15, 0.2) is 0 Å². The number of hydrogen-bond donors (Lipinski definition) is 2. The molecule has 0 bridgehead atoms. The third-order valence-corrected chi connectivity index (χ3v) is 3.86. The second kappa shape index (κ2) is 8.59. The lowest BCUT2D eigenvalue weighted by Crippen LogP contribution is -2.32. The molecule has 2 rings (SSSR count). The summed E-state index contributed by atoms with van der Waals surface area (Å²) in [6.45, 7) is 4.72. The summed E-state index contributed by atoms with van der Waals surface area (Å²) >= 11 is 3.41. The van der Waals surface area contributed by atoms with Crippen LogP contribution >= 0.6 is 15.9 Å². The summed E-state index contributed by atoms with van der Waals surface area (Å²) in [5, 5.41) is 5.58. The number of rotatable bonds is 6. The number of ether oxygens (including phenoxy) is 2. The van der Waals surface area contributed by atoms with E-state index in [2.05, 4.69) is 26.6 Å². The summed E-state index contributed by atoms with van der Waals surface area (Å²) in [7, 11) is 1.57. The molecular weight excluding hydrogens is 372 g/mol. The van der Waals surface area contributed by atoms with E-state index >= 15 is 0 Å². The molecule has 0 aliphatic carbocycles. The quantitative estimate of drug-likeness (QED) is 0.721. The van der Waals surface area contributed by atoms with Crippen molar-refractivity contribution in [1.29, 1.82) is 0 Å². The average molecular weight is 393 g/mol. The van der Waals surface area contributed by atoms with Crippen LogP contribution in [0.15, 0.2) is 40.9 Å². The summed E-state index contributed by atoms with van der Waals surface area (Å²) < 4.78 is 11.8. The Kier molecular flexibility index (Phi) is 6.49. The zero-order valence-electron chi connectivity index (χ0n) is 14.0. The van der Waals surface area contributed by atoms with E-state index in [1.54, 1.807) is 7.11 Å². The summed E-state index contributed by atoms with van der Waals surface area (Å²) in [6.07, 6.45) is 0. The number of anilines is 1. The Morgan fingerprint density at radius 2 is 1.88 bits per heavy atom. The van der Waals surface area contributed by atoms with Gasteiger partial charge in [0.05, 0.1) is 19.3 Å². The monoisotopic (exact) mass is 392 g/mol. The molecule has 0 radical (unpaired) electrons. The molecule has 0 aliphatic heterocycles. The molecule has 2 aromatic rings. The highest BCUT2D eigenvalue weighted by Crippen LogP contribution is 2.31. The first-order valence-corrected chi connectivity index (χ1v) is 8.37. The lowest BCUT2D eigenvalue weighted by molar-refractivity contribution is 0.247. The molecule has 0 spiro atoms. The van der Waals surface area contributed by atoms with Gasteiger partial charge in [0.25, 0.3) is 0 Å². The molecule has 0 aromatic heterocycles. The predicted octanol–water partition coefficient (Wildman–Crippen LogP) is 4.28. The third kappa shape index (κ3) is 5.16. The van der Waals surface area contributed by atoms with E-state index in [1.807, 2.05) is 50.2 Å². The van der Waals surface area contributed by atoms with Gasteiger partial charge in [0.2, 0.25) is 0 Å². The van der Waals surface area contributed by atoms with Crippen LogP contribution in [-0.4, -0.2) is 26.3 Å². The molecule has 24 heavy (non-hydrogen) atoms. The number of benzene rings is 2. The molecule has 2 aromatic carbocycles. The van der Waals surface area contributed by atoms with E-state index in [1.165, 1.54) is 5.56 Å². The van der Waals surface area contributed by atoms with E-state index in [0.717, 1.165) is 15.8 Å². The maximum atomic E-state index is 12.0. The number of nitrogens with one attached hydrogen (secondary N) is 2. The summed E-state index contributed by atoms with van der Waals surface area (Å²) in [5.41, 5.74) is 2.74. The Balaban J connectivity index is 1.82. The highest BCUT2D eigenvalue weighted by Gasteiger charge is 2.11. The molecule has 0 fully saturated rings. The number of hydrogen-bond acceptors (Lipinski definition) is 3. The Hall–Kier alpha value is -2.21. The van der Waals surface area contributed by atoms with Crippen molar-refractivity contribution in [1.82, 2.24) is 5.32 Å². The number of methoxy groups -OCH3 is 1. The van der Waals surface area contributed by atoms with Gasteiger partial charge in [-0.15, -0.1) is 0 Å². The van der Waals surface area contributed by atoms with Crippen molar-refractivity contribution in [3.8, 4) is 11.5 Å². The maximum Gasteiger partial charge on any atom is 0.319 e. The molecule has 128 valence electrons. The van der Waals surface area contributed by atoms with Gasteiger partial charge in [-0.1, -0.05) is 33.6 Å². The molecule has 2 N–H and O–H groups in total. The number of aryl methyl sites for hydroxylation is 2. The predicted molar refractivity (Wildman–Crippen MR) is 99.1 cm³/mol. The van der Waals surface area contributed by atoms with Gasteiger partial charge in [-0.3, -0.25) is 0 Å². The summed E-state index contributed by atoms with van der Waals surface area (Å²) in [4.78, 5) is 12.0. The molecular formula is C18H21BrN2O3. The Bertz CT molecular complexity index is 702. The largest absolute Gasteiger partial charge is 0.495 e. The van der Waals surface area contributed by atoms with E-state index in [0.29, 0.717) is 24.6 Å². The Morgan fingerprint density at radius 1 is 1.17 bits per heavy atom. The topological polar surface area (TPSA) is 59.6 Å². The van der Waals surface area contributed by atoms with Crippen molar-refractivity contribution >= 4 is 27.6 Å². The number of carbonyl (C=O) groups is 1. The van der Waals surface area contributed by atoms with Crippen molar-refractivity contribution in [2.75, 3.05) is 25.6 Å². The molecule has 5 nitrogen and oxygen atoms in total. The van der Waals surface area contributed by atoms with Gasteiger partial charge in [-0.2, -0.15) is 0 Å². The number of urea groups is 1. The fraction of sp³-hybridized carbons (Fsp3) is 0.278. The second-order valence-electron chi connectivity index (χ2n) is 5.34. The van der Waals surface area contributed by atoms with E-state index < -0.39 is 0 Å². The third-order valence-electron chi connectivity index (χ3n) is 3.40. The fourth-order valence-corrected chi connectivity index (χ4v) is 2.71. The highest BCUT2D eigenvalue weighted by molar-refractivity contribution is 9.10. The van der Waals surface area contributed by atoms with E-state index in [9.17, 15) is 4.79 Å². The minimum atomic E-state index is -0.300. The second-order valence-corrected chi connectivity index (χ2v) is 6.26. The zero-order chi connectivity index (χ0) is 17.5. The number of halogens is 1. The van der Waals surface area contributed by atoms with Gasteiger partial charge in [-0.05, 0) is 43.7 Å². The first-order chi connectivity index (χ1) is 11.5. The van der Waals surface area contributed by atoms with Gasteiger partial charge in [0.1, 0.15) is 18.1 Å². The highest BCUT2D eigenvalue weighted by atomic mass is 79.9. The first-order valence-electron chi connectivity index (χ1n) is 7.58. The SMILES string of the molecule is COc1cc(Br)cc(C)c1NC(=O)NCCOc1ccc(C)cc1. The maximum absolute atomic E-state index is 12.0. The normalized spacial score (nSPS) is 10.2. The molecule has 0 heterocycles. The Labute approximate surface area is 150 Å². The van der Waals surface area contributed by atoms with Crippen molar-refractivity contribution in [3.05, 3.63) is 52.0 Å². The van der Waals surface area contributed by atoms with Crippen molar-refractivity contribution in [3.63, 3.8) is 0 Å². The van der Waals surface area contributed by atoms with Crippen molar-refractivity contribution in [2.24, 2.45) is 0 Å². The van der Waals surface area contributed by atoms with Crippen LogP contribution in [0, 0.1) is 13.8 Å². The smallest absolute Gasteiger partial charge is 0.319 e. The average Bonchev–Trinajstić information content (AvgIpc) is 2.55. The van der Waals surface area contributed by atoms with Crippen LogP contribution in [0.1, 0.15) is 11.1 Å². The number of amides is 2. The molecule has 0 saturated heterocycles. The minimum absolute atomic E-state index is 0.300. The molecule has 0 aliphatic rings. The van der Waals surface area contributed by atoms with Crippen molar-refractivity contribution in [2.45, 2.75) is 13.8 Å². The molecule has 0 unspecified atom stereocenters. The van der Waals surface area contributed by atoms with Gasteiger partial charge < -0.3 is 20.1 Å². The van der Waals surface area contributed by atoms with Crippen LogP contribution in [0.4, 0.5) is 10.5 Å². The summed E-state index contributed by atoms with van der Waals surface area (Å²) in [6, 6.07) is 11.2. The van der Waals surface area contributed by atoms with Crippen LogP contribution in [0.2, 0.25) is 0 Å².